The summed E-state index contributed by atoms with van der Waals surface area (Å²) in [4.78, 5) is 4.42. The highest BCUT2D eigenvalue weighted by molar-refractivity contribution is 5.84. The molecule has 18 heavy (non-hydrogen) atoms. The van der Waals surface area contributed by atoms with E-state index in [0.717, 1.165) is 32.0 Å². The molecule has 2 rings (SSSR count). The number of aryl methyl sites for hydroxylation is 1. The fourth-order valence-corrected chi connectivity index (χ4v) is 2.18. The molecular weight excluding hydrogens is 234 g/mol. The van der Waals surface area contributed by atoms with Crippen molar-refractivity contribution in [3.63, 3.8) is 0 Å². The third-order valence-corrected chi connectivity index (χ3v) is 3.42. The van der Waals surface area contributed by atoms with E-state index in [4.69, 9.17) is 10.9 Å². The quantitative estimate of drug-likeness (QED) is 0.313. The third kappa shape index (κ3) is 2.37. The van der Waals surface area contributed by atoms with Gasteiger partial charge in [-0.25, -0.2) is 4.68 Å². The maximum atomic E-state index is 8.68. The van der Waals surface area contributed by atoms with E-state index < -0.39 is 0 Å². The Morgan fingerprint density at radius 1 is 1.44 bits per heavy atom. The molecule has 8 nitrogen and oxygen atoms in total. The summed E-state index contributed by atoms with van der Waals surface area (Å²) in [5, 5.41) is 19.5. The standard InChI is InChI=1S/C10H19N7O/c1-8(10(11)13-18)16-3-5-17(6-4-16)9-7-12-14-15(9)2/h7-8,18H,3-6H2,1-2H3,(H2,11,13). The summed E-state index contributed by atoms with van der Waals surface area (Å²) < 4.78 is 1.77. The minimum Gasteiger partial charge on any atom is -0.409 e. The number of hydrogen-bond donors (Lipinski definition) is 2. The molecule has 3 N–H and O–H groups in total. The van der Waals surface area contributed by atoms with E-state index in [0.29, 0.717) is 0 Å². The Morgan fingerprint density at radius 3 is 2.61 bits per heavy atom. The normalized spacial score (nSPS) is 20.1. The van der Waals surface area contributed by atoms with Gasteiger partial charge in [0, 0.05) is 33.2 Å². The molecule has 8 heteroatoms. The van der Waals surface area contributed by atoms with Crippen LogP contribution in [0, 0.1) is 0 Å². The zero-order valence-corrected chi connectivity index (χ0v) is 10.7. The van der Waals surface area contributed by atoms with Crippen molar-refractivity contribution in [2.45, 2.75) is 13.0 Å². The van der Waals surface area contributed by atoms with Crippen LogP contribution in [-0.2, 0) is 7.05 Å². The number of rotatable bonds is 3. The zero-order valence-electron chi connectivity index (χ0n) is 10.7. The Bertz CT molecular complexity index is 422. The molecule has 1 atom stereocenters. The van der Waals surface area contributed by atoms with Crippen molar-refractivity contribution < 1.29 is 5.21 Å². The molecule has 0 spiro atoms. The van der Waals surface area contributed by atoms with Gasteiger partial charge >= 0.3 is 0 Å². The Kier molecular flexibility index (Phi) is 3.66. The van der Waals surface area contributed by atoms with Gasteiger partial charge < -0.3 is 15.8 Å². The summed E-state index contributed by atoms with van der Waals surface area (Å²) in [5.74, 6) is 1.27. The second kappa shape index (κ2) is 5.21. The van der Waals surface area contributed by atoms with Crippen molar-refractivity contribution >= 4 is 11.7 Å². The Hall–Kier alpha value is -1.83. The highest BCUT2D eigenvalue weighted by Gasteiger charge is 2.24. The molecule has 1 aromatic rings. The first-order valence-corrected chi connectivity index (χ1v) is 5.94. The average Bonchev–Trinajstić information content (AvgIpc) is 2.83. The second-order valence-corrected chi connectivity index (χ2v) is 4.44. The van der Waals surface area contributed by atoms with E-state index in [1.165, 1.54) is 0 Å². The lowest BCUT2D eigenvalue weighted by molar-refractivity contribution is 0.229. The number of aromatic nitrogens is 3. The minimum atomic E-state index is -0.0400. The molecule has 1 saturated heterocycles. The first-order chi connectivity index (χ1) is 8.63. The number of anilines is 1. The second-order valence-electron chi connectivity index (χ2n) is 4.44. The smallest absolute Gasteiger partial charge is 0.156 e. The summed E-state index contributed by atoms with van der Waals surface area (Å²) in [6, 6.07) is -0.0400. The fraction of sp³-hybridized carbons (Fsp3) is 0.700. The van der Waals surface area contributed by atoms with Gasteiger partial charge in [-0.15, -0.1) is 5.10 Å². The van der Waals surface area contributed by atoms with Crippen molar-refractivity contribution in [3.8, 4) is 0 Å². The molecule has 100 valence electrons. The van der Waals surface area contributed by atoms with Gasteiger partial charge in [0.05, 0.1) is 12.2 Å². The summed E-state index contributed by atoms with van der Waals surface area (Å²) >= 11 is 0. The number of piperazine rings is 1. The molecule has 0 amide bonds. The van der Waals surface area contributed by atoms with Crippen LogP contribution in [-0.4, -0.2) is 63.2 Å². The first-order valence-electron chi connectivity index (χ1n) is 5.94. The summed E-state index contributed by atoms with van der Waals surface area (Å²) in [6.07, 6.45) is 1.77. The van der Waals surface area contributed by atoms with Gasteiger partial charge in [0.15, 0.2) is 5.84 Å². The van der Waals surface area contributed by atoms with E-state index >= 15 is 0 Å². The lowest BCUT2D eigenvalue weighted by Crippen LogP contribution is -2.53. The summed E-state index contributed by atoms with van der Waals surface area (Å²) in [5.41, 5.74) is 5.62. The van der Waals surface area contributed by atoms with Gasteiger partial charge in [-0.2, -0.15) is 0 Å². The van der Waals surface area contributed by atoms with Gasteiger partial charge in [-0.1, -0.05) is 10.4 Å². The molecule has 1 aromatic heterocycles. The maximum absolute atomic E-state index is 8.68. The molecule has 1 unspecified atom stereocenters. The van der Waals surface area contributed by atoms with Gasteiger partial charge in [-0.05, 0) is 6.92 Å². The Labute approximate surface area is 106 Å². The number of hydrogen-bond acceptors (Lipinski definition) is 6. The van der Waals surface area contributed by atoms with Crippen molar-refractivity contribution in [2.24, 2.45) is 17.9 Å². The molecule has 0 aromatic carbocycles. The fourth-order valence-electron chi connectivity index (χ4n) is 2.18. The van der Waals surface area contributed by atoms with E-state index in [1.54, 1.807) is 10.9 Å². The molecule has 2 heterocycles. The molecule has 0 radical (unpaired) electrons. The van der Waals surface area contributed by atoms with Crippen LogP contribution < -0.4 is 10.6 Å². The average molecular weight is 253 g/mol. The van der Waals surface area contributed by atoms with Crippen LogP contribution in [0.2, 0.25) is 0 Å². The van der Waals surface area contributed by atoms with Crippen LogP contribution in [0.4, 0.5) is 5.82 Å². The lowest BCUT2D eigenvalue weighted by Gasteiger charge is -2.38. The monoisotopic (exact) mass is 253 g/mol. The molecule has 0 aliphatic carbocycles. The topological polar surface area (TPSA) is 95.8 Å². The largest absolute Gasteiger partial charge is 0.409 e. The van der Waals surface area contributed by atoms with E-state index in [9.17, 15) is 0 Å². The van der Waals surface area contributed by atoms with E-state index in [-0.39, 0.29) is 11.9 Å². The predicted molar refractivity (Wildman–Crippen MR) is 67.7 cm³/mol. The third-order valence-electron chi connectivity index (χ3n) is 3.42. The van der Waals surface area contributed by atoms with Crippen molar-refractivity contribution in [2.75, 3.05) is 31.1 Å². The number of oxime groups is 1. The summed E-state index contributed by atoms with van der Waals surface area (Å²) in [6.45, 7) is 5.43. The molecular formula is C10H19N7O. The number of nitrogens with zero attached hydrogens (tertiary/aromatic N) is 6. The molecule has 1 aliphatic heterocycles. The lowest BCUT2D eigenvalue weighted by atomic mass is 10.2. The minimum absolute atomic E-state index is 0.0400. The first kappa shape index (κ1) is 12.6. The highest BCUT2D eigenvalue weighted by atomic mass is 16.4. The van der Waals surface area contributed by atoms with Crippen molar-refractivity contribution in [1.82, 2.24) is 19.9 Å². The number of amidine groups is 1. The Balaban J connectivity index is 1.94. The van der Waals surface area contributed by atoms with Crippen molar-refractivity contribution in [3.05, 3.63) is 6.20 Å². The van der Waals surface area contributed by atoms with Crippen LogP contribution in [0.25, 0.3) is 0 Å². The van der Waals surface area contributed by atoms with Crippen LogP contribution >= 0.6 is 0 Å². The van der Waals surface area contributed by atoms with Crippen LogP contribution in [0.5, 0.6) is 0 Å². The van der Waals surface area contributed by atoms with E-state index in [1.807, 2.05) is 14.0 Å². The van der Waals surface area contributed by atoms with Gasteiger partial charge in [0.1, 0.15) is 5.82 Å². The van der Waals surface area contributed by atoms with E-state index in [2.05, 4.69) is 25.3 Å². The molecule has 0 bridgehead atoms. The van der Waals surface area contributed by atoms with Crippen LogP contribution in [0.15, 0.2) is 11.4 Å². The zero-order chi connectivity index (χ0) is 13.1. The van der Waals surface area contributed by atoms with Crippen LogP contribution in [0.1, 0.15) is 6.92 Å². The van der Waals surface area contributed by atoms with Gasteiger partial charge in [0.25, 0.3) is 0 Å². The molecule has 1 aliphatic rings. The number of nitrogens with two attached hydrogens (primary N) is 1. The SMILES string of the molecule is CC(C(N)=NO)N1CCN(c2cnnn2C)CC1. The maximum Gasteiger partial charge on any atom is 0.156 e. The van der Waals surface area contributed by atoms with Gasteiger partial charge in [0.2, 0.25) is 0 Å². The van der Waals surface area contributed by atoms with Crippen LogP contribution in [0.3, 0.4) is 0 Å². The highest BCUT2D eigenvalue weighted by Crippen LogP contribution is 2.14. The molecule has 0 saturated carbocycles. The van der Waals surface area contributed by atoms with Crippen molar-refractivity contribution in [1.29, 1.82) is 0 Å². The predicted octanol–water partition coefficient (Wildman–Crippen LogP) is -0.928. The molecule has 1 fully saturated rings. The van der Waals surface area contributed by atoms with Gasteiger partial charge in [-0.3, -0.25) is 4.90 Å². The Morgan fingerprint density at radius 2 is 2.11 bits per heavy atom. The summed E-state index contributed by atoms with van der Waals surface area (Å²) in [7, 11) is 1.88.